The van der Waals surface area contributed by atoms with Gasteiger partial charge < -0.3 is 5.32 Å². The fourth-order valence-electron chi connectivity index (χ4n) is 2.38. The zero-order valence-electron chi connectivity index (χ0n) is 14.3. The van der Waals surface area contributed by atoms with Crippen LogP contribution >= 0.6 is 11.8 Å². The zero-order chi connectivity index (χ0) is 18.5. The number of carbonyl (C=O) groups excluding carboxylic acids is 2. The molecule has 0 aliphatic carbocycles. The standard InChI is InChI=1S/C18H17N5O2S/c1-12(17(25)14-7-4-3-5-8-14)26-18-20-21-22-23(18)16-10-6-9-15(11-16)19-13(2)24/h3-12H,1-2H3,(H,19,24). The molecule has 132 valence electrons. The second-order valence-corrected chi connectivity index (χ2v) is 6.90. The van der Waals surface area contributed by atoms with Crippen LogP contribution in [0.4, 0.5) is 5.69 Å². The Kier molecular flexibility index (Phi) is 5.43. The first-order valence-corrected chi connectivity index (χ1v) is 8.85. The fourth-order valence-corrected chi connectivity index (χ4v) is 3.27. The maximum Gasteiger partial charge on any atom is 0.221 e. The summed E-state index contributed by atoms with van der Waals surface area (Å²) in [5.74, 6) is -0.146. The highest BCUT2D eigenvalue weighted by atomic mass is 32.2. The lowest BCUT2D eigenvalue weighted by Gasteiger charge is -2.11. The van der Waals surface area contributed by atoms with Gasteiger partial charge in [0.05, 0.1) is 10.9 Å². The summed E-state index contributed by atoms with van der Waals surface area (Å²) in [4.78, 5) is 23.8. The van der Waals surface area contributed by atoms with Crippen LogP contribution in [-0.2, 0) is 4.79 Å². The van der Waals surface area contributed by atoms with E-state index in [9.17, 15) is 9.59 Å². The largest absolute Gasteiger partial charge is 0.326 e. The summed E-state index contributed by atoms with van der Waals surface area (Å²) < 4.78 is 1.55. The molecule has 3 rings (SSSR count). The number of nitrogens with zero attached hydrogens (tertiary/aromatic N) is 4. The maximum absolute atomic E-state index is 12.5. The van der Waals surface area contributed by atoms with Crippen molar-refractivity contribution in [1.29, 1.82) is 0 Å². The fraction of sp³-hybridized carbons (Fsp3) is 0.167. The molecule has 0 saturated carbocycles. The molecule has 0 saturated heterocycles. The highest BCUT2D eigenvalue weighted by molar-refractivity contribution is 8.00. The molecule has 0 aliphatic heterocycles. The molecule has 0 bridgehead atoms. The number of ketones is 1. The molecule has 1 amide bonds. The molecule has 1 heterocycles. The van der Waals surface area contributed by atoms with Crippen LogP contribution in [0.5, 0.6) is 0 Å². The summed E-state index contributed by atoms with van der Waals surface area (Å²) in [5.41, 5.74) is 2.00. The number of amides is 1. The van der Waals surface area contributed by atoms with Gasteiger partial charge in [-0.25, -0.2) is 0 Å². The lowest BCUT2D eigenvalue weighted by molar-refractivity contribution is -0.114. The van der Waals surface area contributed by atoms with Gasteiger partial charge in [0.1, 0.15) is 0 Å². The van der Waals surface area contributed by atoms with Gasteiger partial charge in [-0.2, -0.15) is 4.68 Å². The minimum atomic E-state index is -0.347. The van der Waals surface area contributed by atoms with Crippen LogP contribution in [-0.4, -0.2) is 37.1 Å². The molecule has 1 unspecified atom stereocenters. The van der Waals surface area contributed by atoms with Crippen LogP contribution in [0.3, 0.4) is 0 Å². The number of carbonyl (C=O) groups is 2. The molecular weight excluding hydrogens is 350 g/mol. The van der Waals surface area contributed by atoms with Crippen molar-refractivity contribution in [3.63, 3.8) is 0 Å². The second-order valence-electron chi connectivity index (χ2n) is 5.60. The Hall–Kier alpha value is -3.00. The Morgan fingerprint density at radius 2 is 1.88 bits per heavy atom. The number of nitrogens with one attached hydrogen (secondary N) is 1. The van der Waals surface area contributed by atoms with Crippen LogP contribution in [0.1, 0.15) is 24.2 Å². The molecule has 0 radical (unpaired) electrons. The second kappa shape index (κ2) is 7.92. The topological polar surface area (TPSA) is 89.8 Å². The quantitative estimate of drug-likeness (QED) is 0.532. The third-order valence-electron chi connectivity index (χ3n) is 3.56. The van der Waals surface area contributed by atoms with Crippen molar-refractivity contribution in [2.45, 2.75) is 24.3 Å². The van der Waals surface area contributed by atoms with E-state index in [1.165, 1.54) is 18.7 Å². The predicted octanol–water partition coefficient (Wildman–Crippen LogP) is 2.98. The van der Waals surface area contributed by atoms with E-state index in [1.54, 1.807) is 35.0 Å². The van der Waals surface area contributed by atoms with E-state index in [0.717, 1.165) is 0 Å². The molecule has 1 aromatic heterocycles. The van der Waals surface area contributed by atoms with Crippen molar-refractivity contribution in [2.75, 3.05) is 5.32 Å². The van der Waals surface area contributed by atoms with E-state index in [4.69, 9.17) is 0 Å². The number of thioether (sulfide) groups is 1. The maximum atomic E-state index is 12.5. The van der Waals surface area contributed by atoms with Crippen molar-refractivity contribution in [1.82, 2.24) is 20.2 Å². The van der Waals surface area contributed by atoms with Gasteiger partial charge in [0.15, 0.2) is 5.78 Å². The number of rotatable bonds is 6. The summed E-state index contributed by atoms with van der Waals surface area (Å²) in [5, 5.41) is 14.6. The van der Waals surface area contributed by atoms with E-state index in [-0.39, 0.29) is 16.9 Å². The number of Topliss-reactive ketones (excluding diaryl/α,β-unsaturated/α-hetero) is 1. The minimum absolute atomic E-state index is 0.0112. The number of hydrogen-bond acceptors (Lipinski definition) is 6. The highest BCUT2D eigenvalue weighted by Crippen LogP contribution is 2.26. The smallest absolute Gasteiger partial charge is 0.221 e. The van der Waals surface area contributed by atoms with E-state index in [1.807, 2.05) is 31.2 Å². The third-order valence-corrected chi connectivity index (χ3v) is 4.59. The number of tetrazole rings is 1. The highest BCUT2D eigenvalue weighted by Gasteiger charge is 2.20. The van der Waals surface area contributed by atoms with E-state index in [0.29, 0.717) is 22.1 Å². The normalized spacial score (nSPS) is 11.8. The molecule has 26 heavy (non-hydrogen) atoms. The average molecular weight is 367 g/mol. The average Bonchev–Trinajstić information content (AvgIpc) is 3.09. The summed E-state index contributed by atoms with van der Waals surface area (Å²) >= 11 is 1.28. The van der Waals surface area contributed by atoms with Gasteiger partial charge in [-0.05, 0) is 35.5 Å². The first-order valence-electron chi connectivity index (χ1n) is 7.97. The van der Waals surface area contributed by atoms with Crippen molar-refractivity contribution in [3.05, 3.63) is 60.2 Å². The summed E-state index contributed by atoms with van der Waals surface area (Å²) in [6, 6.07) is 16.3. The van der Waals surface area contributed by atoms with Gasteiger partial charge in [0.2, 0.25) is 11.1 Å². The van der Waals surface area contributed by atoms with Crippen LogP contribution < -0.4 is 5.32 Å². The molecule has 0 fully saturated rings. The van der Waals surface area contributed by atoms with Crippen LogP contribution in [0.2, 0.25) is 0 Å². The molecule has 1 N–H and O–H groups in total. The molecule has 3 aromatic rings. The van der Waals surface area contributed by atoms with Crippen molar-refractivity contribution in [3.8, 4) is 5.69 Å². The first-order chi connectivity index (χ1) is 12.5. The lowest BCUT2D eigenvalue weighted by Crippen LogP contribution is -2.14. The van der Waals surface area contributed by atoms with Crippen molar-refractivity contribution < 1.29 is 9.59 Å². The Labute approximate surface area is 154 Å². The van der Waals surface area contributed by atoms with E-state index in [2.05, 4.69) is 20.8 Å². The predicted molar refractivity (Wildman–Crippen MR) is 99.5 cm³/mol. The van der Waals surface area contributed by atoms with Crippen molar-refractivity contribution in [2.24, 2.45) is 0 Å². The Morgan fingerprint density at radius 3 is 2.62 bits per heavy atom. The van der Waals surface area contributed by atoms with E-state index >= 15 is 0 Å². The molecule has 0 spiro atoms. The van der Waals surface area contributed by atoms with Crippen molar-refractivity contribution >= 4 is 29.1 Å². The summed E-state index contributed by atoms with van der Waals surface area (Å²) in [6.45, 7) is 3.27. The van der Waals surface area contributed by atoms with Gasteiger partial charge in [-0.1, -0.05) is 48.2 Å². The van der Waals surface area contributed by atoms with Crippen LogP contribution in [0.25, 0.3) is 5.69 Å². The monoisotopic (exact) mass is 367 g/mol. The van der Waals surface area contributed by atoms with E-state index < -0.39 is 0 Å². The minimum Gasteiger partial charge on any atom is -0.326 e. The molecular formula is C18H17N5O2S. The van der Waals surface area contributed by atoms with Gasteiger partial charge in [0, 0.05) is 18.2 Å². The SMILES string of the molecule is CC(=O)Nc1cccc(-n2nnnc2SC(C)C(=O)c2ccccc2)c1. The number of anilines is 1. The van der Waals surface area contributed by atoms with Gasteiger partial charge >= 0.3 is 0 Å². The van der Waals surface area contributed by atoms with Crippen LogP contribution in [0, 0.1) is 0 Å². The molecule has 2 aromatic carbocycles. The zero-order valence-corrected chi connectivity index (χ0v) is 15.1. The molecule has 1 atom stereocenters. The third kappa shape index (κ3) is 4.15. The number of benzene rings is 2. The van der Waals surface area contributed by atoms with Gasteiger partial charge in [-0.3, -0.25) is 9.59 Å². The summed E-state index contributed by atoms with van der Waals surface area (Å²) in [7, 11) is 0. The Balaban J connectivity index is 1.81. The molecule has 8 heteroatoms. The van der Waals surface area contributed by atoms with Gasteiger partial charge in [-0.15, -0.1) is 5.10 Å². The summed E-state index contributed by atoms with van der Waals surface area (Å²) in [6.07, 6.45) is 0. The molecule has 0 aliphatic rings. The Morgan fingerprint density at radius 1 is 1.12 bits per heavy atom. The number of aromatic nitrogens is 4. The Bertz CT molecular complexity index is 926. The lowest BCUT2D eigenvalue weighted by atomic mass is 10.1. The van der Waals surface area contributed by atoms with Crippen LogP contribution in [0.15, 0.2) is 59.8 Å². The van der Waals surface area contributed by atoms with Gasteiger partial charge in [0.25, 0.3) is 0 Å². The molecule has 7 nitrogen and oxygen atoms in total. The first kappa shape index (κ1) is 17.8. The number of hydrogen-bond donors (Lipinski definition) is 1.